The average molecular weight is 343 g/mol. The number of carbonyl (C=O) groups is 1. The molecule has 0 aliphatic heterocycles. The molecule has 1 atom stereocenters. The lowest BCUT2D eigenvalue weighted by Gasteiger charge is -2.25. The third-order valence-corrected chi connectivity index (χ3v) is 4.12. The number of aryl methyl sites for hydroxylation is 1. The molecule has 1 amide bonds. The summed E-state index contributed by atoms with van der Waals surface area (Å²) >= 11 is 0. The van der Waals surface area contributed by atoms with E-state index in [-0.39, 0.29) is 16.9 Å². The first kappa shape index (κ1) is 18.1. The minimum Gasteiger partial charge on any atom is -0.335 e. The quantitative estimate of drug-likeness (QED) is 0.608. The van der Waals surface area contributed by atoms with Gasteiger partial charge in [-0.3, -0.25) is 25.0 Å². The lowest BCUT2D eigenvalue weighted by molar-refractivity contribution is -0.385. The molecule has 0 heterocycles. The molecule has 0 N–H and O–H groups in total. The summed E-state index contributed by atoms with van der Waals surface area (Å²) in [5, 5.41) is 22.2. The van der Waals surface area contributed by atoms with Crippen LogP contribution >= 0.6 is 0 Å². The predicted molar refractivity (Wildman–Crippen MR) is 91.4 cm³/mol. The van der Waals surface area contributed by atoms with Gasteiger partial charge in [0.1, 0.15) is 5.56 Å². The number of nitro groups is 2. The van der Waals surface area contributed by atoms with Crippen LogP contribution in [0.15, 0.2) is 42.5 Å². The first-order valence-electron chi connectivity index (χ1n) is 7.49. The van der Waals surface area contributed by atoms with Crippen LogP contribution in [-0.2, 0) is 0 Å². The monoisotopic (exact) mass is 343 g/mol. The Hall–Kier alpha value is -3.29. The molecular formula is C17H17N3O5. The highest BCUT2D eigenvalue weighted by molar-refractivity contribution is 5.98. The van der Waals surface area contributed by atoms with Crippen LogP contribution in [0.1, 0.15) is 34.5 Å². The van der Waals surface area contributed by atoms with Gasteiger partial charge < -0.3 is 4.90 Å². The maximum absolute atomic E-state index is 12.7. The van der Waals surface area contributed by atoms with Crippen LogP contribution in [0, 0.1) is 27.2 Å². The summed E-state index contributed by atoms with van der Waals surface area (Å²) in [6.45, 7) is 3.28. The van der Waals surface area contributed by atoms with Crippen molar-refractivity contribution in [3.8, 4) is 0 Å². The van der Waals surface area contributed by atoms with Gasteiger partial charge in [-0.1, -0.05) is 24.3 Å². The van der Waals surface area contributed by atoms with Gasteiger partial charge in [0.15, 0.2) is 0 Å². The number of hydrogen-bond donors (Lipinski definition) is 0. The van der Waals surface area contributed by atoms with Crippen LogP contribution in [0.2, 0.25) is 0 Å². The molecule has 1 unspecified atom stereocenters. The first-order valence-corrected chi connectivity index (χ1v) is 7.49. The van der Waals surface area contributed by atoms with Crippen LogP contribution in [-0.4, -0.2) is 27.7 Å². The maximum atomic E-state index is 12.7. The third kappa shape index (κ3) is 3.63. The molecule has 0 aliphatic rings. The molecule has 0 fully saturated rings. The highest BCUT2D eigenvalue weighted by Gasteiger charge is 2.27. The van der Waals surface area contributed by atoms with Crippen LogP contribution in [0.3, 0.4) is 0 Å². The number of nitro benzene ring substituents is 2. The standard InChI is InChI=1S/C17H17N3O5/c1-11-6-4-9-15(16(11)20(24)25)17(21)18(3)12(2)13-7-5-8-14(10-13)19(22)23/h4-10,12H,1-3H3. The molecule has 8 nitrogen and oxygen atoms in total. The van der Waals surface area contributed by atoms with Gasteiger partial charge in [0, 0.05) is 24.7 Å². The van der Waals surface area contributed by atoms with E-state index < -0.39 is 21.8 Å². The topological polar surface area (TPSA) is 107 Å². The van der Waals surface area contributed by atoms with E-state index in [1.807, 2.05) is 0 Å². The lowest BCUT2D eigenvalue weighted by atomic mass is 10.0. The van der Waals surface area contributed by atoms with Crippen molar-refractivity contribution in [2.45, 2.75) is 19.9 Å². The Labute approximate surface area is 144 Å². The minimum absolute atomic E-state index is 0.00946. The molecule has 0 radical (unpaired) electrons. The molecule has 0 saturated carbocycles. The van der Waals surface area contributed by atoms with Crippen molar-refractivity contribution in [2.24, 2.45) is 0 Å². The zero-order valence-electron chi connectivity index (χ0n) is 14.0. The molecule has 0 spiro atoms. The van der Waals surface area contributed by atoms with E-state index in [4.69, 9.17) is 0 Å². The van der Waals surface area contributed by atoms with E-state index in [1.165, 1.54) is 36.2 Å². The maximum Gasteiger partial charge on any atom is 0.285 e. The van der Waals surface area contributed by atoms with Gasteiger partial charge in [0.25, 0.3) is 17.3 Å². The Morgan fingerprint density at radius 2 is 1.72 bits per heavy atom. The van der Waals surface area contributed by atoms with Crippen molar-refractivity contribution in [1.29, 1.82) is 0 Å². The zero-order chi connectivity index (χ0) is 18.7. The van der Waals surface area contributed by atoms with Crippen LogP contribution in [0.4, 0.5) is 11.4 Å². The number of nitrogens with zero attached hydrogens (tertiary/aromatic N) is 3. The van der Waals surface area contributed by atoms with Crippen molar-refractivity contribution in [3.05, 3.63) is 79.4 Å². The molecule has 0 aliphatic carbocycles. The molecule has 0 bridgehead atoms. The number of hydrogen-bond acceptors (Lipinski definition) is 5. The normalized spacial score (nSPS) is 11.6. The fraction of sp³-hybridized carbons (Fsp3) is 0.235. The van der Waals surface area contributed by atoms with E-state index in [9.17, 15) is 25.0 Å². The summed E-state index contributed by atoms with van der Waals surface area (Å²) in [6.07, 6.45) is 0. The van der Waals surface area contributed by atoms with Gasteiger partial charge >= 0.3 is 0 Å². The number of carbonyl (C=O) groups excluding carboxylic acids is 1. The summed E-state index contributed by atoms with van der Waals surface area (Å²) < 4.78 is 0. The number of rotatable bonds is 5. The van der Waals surface area contributed by atoms with Crippen LogP contribution in [0.25, 0.3) is 0 Å². The zero-order valence-corrected chi connectivity index (χ0v) is 14.0. The van der Waals surface area contributed by atoms with E-state index in [0.29, 0.717) is 11.1 Å². The predicted octanol–water partition coefficient (Wildman–Crippen LogP) is 3.64. The summed E-state index contributed by atoms with van der Waals surface area (Å²) in [7, 11) is 1.51. The van der Waals surface area contributed by atoms with Gasteiger partial charge in [-0.2, -0.15) is 0 Å². The summed E-state index contributed by atoms with van der Waals surface area (Å²) in [5.74, 6) is -0.519. The molecule has 8 heteroatoms. The summed E-state index contributed by atoms with van der Waals surface area (Å²) in [4.78, 5) is 35.2. The van der Waals surface area contributed by atoms with Gasteiger partial charge in [-0.25, -0.2) is 0 Å². The lowest BCUT2D eigenvalue weighted by Crippen LogP contribution is -2.30. The van der Waals surface area contributed by atoms with Crippen LogP contribution < -0.4 is 0 Å². The van der Waals surface area contributed by atoms with Crippen LogP contribution in [0.5, 0.6) is 0 Å². The Morgan fingerprint density at radius 1 is 1.08 bits per heavy atom. The molecule has 0 aromatic heterocycles. The van der Waals surface area contributed by atoms with Gasteiger partial charge in [-0.05, 0) is 25.5 Å². The van der Waals surface area contributed by atoms with Gasteiger partial charge in [0.2, 0.25) is 0 Å². The van der Waals surface area contributed by atoms with Gasteiger partial charge in [0.05, 0.1) is 15.9 Å². The number of benzene rings is 2. The Balaban J connectivity index is 2.38. The van der Waals surface area contributed by atoms with E-state index in [1.54, 1.807) is 32.0 Å². The fourth-order valence-electron chi connectivity index (χ4n) is 2.56. The number of non-ortho nitro benzene ring substituents is 1. The van der Waals surface area contributed by atoms with Crippen molar-refractivity contribution in [2.75, 3.05) is 7.05 Å². The molecule has 2 rings (SSSR count). The highest BCUT2D eigenvalue weighted by atomic mass is 16.6. The summed E-state index contributed by atoms with van der Waals surface area (Å²) in [6, 6.07) is 10.0. The Kier molecular flexibility index (Phi) is 5.11. The smallest absolute Gasteiger partial charge is 0.285 e. The van der Waals surface area contributed by atoms with Crippen molar-refractivity contribution in [1.82, 2.24) is 4.90 Å². The molecular weight excluding hydrogens is 326 g/mol. The second-order valence-electron chi connectivity index (χ2n) is 5.67. The third-order valence-electron chi connectivity index (χ3n) is 4.12. The highest BCUT2D eigenvalue weighted by Crippen LogP contribution is 2.28. The Morgan fingerprint density at radius 3 is 2.32 bits per heavy atom. The molecule has 2 aromatic rings. The van der Waals surface area contributed by atoms with E-state index >= 15 is 0 Å². The van der Waals surface area contributed by atoms with Crippen molar-refractivity contribution >= 4 is 17.3 Å². The van der Waals surface area contributed by atoms with Gasteiger partial charge in [-0.15, -0.1) is 0 Å². The minimum atomic E-state index is -0.575. The first-order chi connectivity index (χ1) is 11.7. The molecule has 2 aromatic carbocycles. The van der Waals surface area contributed by atoms with E-state index in [0.717, 1.165) is 0 Å². The number of para-hydroxylation sites is 1. The van der Waals surface area contributed by atoms with Crippen molar-refractivity contribution in [3.63, 3.8) is 0 Å². The second kappa shape index (κ2) is 7.08. The molecule has 0 saturated heterocycles. The average Bonchev–Trinajstić information content (AvgIpc) is 2.59. The van der Waals surface area contributed by atoms with E-state index in [2.05, 4.69) is 0 Å². The molecule has 25 heavy (non-hydrogen) atoms. The largest absolute Gasteiger partial charge is 0.335 e. The molecule has 130 valence electrons. The van der Waals surface area contributed by atoms with Crippen molar-refractivity contribution < 1.29 is 14.6 Å². The second-order valence-corrected chi connectivity index (χ2v) is 5.67. The SMILES string of the molecule is Cc1cccc(C(=O)N(C)C(C)c2cccc([N+](=O)[O-])c2)c1[N+](=O)[O-]. The summed E-state index contributed by atoms with van der Waals surface area (Å²) in [5.41, 5.74) is 0.648. The fourth-order valence-corrected chi connectivity index (χ4v) is 2.56. The number of amides is 1. The Bertz CT molecular complexity index is 850.